The van der Waals surface area contributed by atoms with Crippen LogP contribution in [0.1, 0.15) is 79.5 Å². The van der Waals surface area contributed by atoms with E-state index >= 15 is 0 Å². The fourth-order valence-electron chi connectivity index (χ4n) is 7.15. The first-order valence-corrected chi connectivity index (χ1v) is 24.5. The summed E-state index contributed by atoms with van der Waals surface area (Å²) in [6.45, 7) is 22.3. The number of hydrogen-bond donors (Lipinski definition) is 0. The molecule has 0 aliphatic rings. The highest BCUT2D eigenvalue weighted by atomic mass is 16.5. The van der Waals surface area contributed by atoms with Gasteiger partial charge in [-0.05, 0) is 122 Å². The molecule has 0 fully saturated rings. The molecule has 0 amide bonds. The summed E-state index contributed by atoms with van der Waals surface area (Å²) in [5, 5.41) is 0. The average Bonchev–Trinajstić information content (AvgIpc) is 3.37. The largest absolute Gasteiger partial charge is 0.494 e. The van der Waals surface area contributed by atoms with E-state index < -0.39 is 0 Å². The smallest absolute Gasteiger partial charge is 0.119 e. The van der Waals surface area contributed by atoms with Crippen LogP contribution in [0.25, 0.3) is 44.5 Å². The maximum atomic E-state index is 5.50. The molecule has 0 spiro atoms. The van der Waals surface area contributed by atoms with Gasteiger partial charge in [-0.15, -0.1) is 0 Å². The number of benzene rings is 9. The molecule has 0 aliphatic heterocycles. The van der Waals surface area contributed by atoms with Crippen LogP contribution in [0.4, 0.5) is 0 Å². The quantitative estimate of drug-likeness (QED) is 0.138. The molecule has 0 aliphatic carbocycles. The van der Waals surface area contributed by atoms with Crippen LogP contribution in [0.5, 0.6) is 5.75 Å². The van der Waals surface area contributed by atoms with E-state index in [1.165, 1.54) is 89.9 Å². The molecule has 352 valence electrons. The van der Waals surface area contributed by atoms with Gasteiger partial charge in [0.05, 0.1) is 6.61 Å². The second kappa shape index (κ2) is 27.6. The van der Waals surface area contributed by atoms with Gasteiger partial charge in [0, 0.05) is 0 Å². The summed E-state index contributed by atoms with van der Waals surface area (Å²) in [5.41, 5.74) is 19.7. The Hall–Kier alpha value is -7.22. The van der Waals surface area contributed by atoms with E-state index in [-0.39, 0.29) is 5.41 Å². The molecular formula is C68H74O. The van der Waals surface area contributed by atoms with Gasteiger partial charge >= 0.3 is 0 Å². The van der Waals surface area contributed by atoms with Crippen LogP contribution in [-0.2, 0) is 5.41 Å². The third-order valence-electron chi connectivity index (χ3n) is 11.7. The van der Waals surface area contributed by atoms with Crippen molar-refractivity contribution in [2.45, 2.75) is 87.5 Å². The molecule has 1 nitrogen and oxygen atoms in total. The molecule has 9 aromatic rings. The summed E-state index contributed by atoms with van der Waals surface area (Å²) in [4.78, 5) is 0. The molecule has 0 heterocycles. The minimum Gasteiger partial charge on any atom is -0.494 e. The first kappa shape index (κ1) is 52.7. The number of ether oxygens (including phenoxy) is 1. The van der Waals surface area contributed by atoms with E-state index in [2.05, 4.69) is 275 Å². The van der Waals surface area contributed by atoms with Crippen LogP contribution >= 0.6 is 0 Å². The predicted molar refractivity (Wildman–Crippen MR) is 301 cm³/mol. The molecule has 0 N–H and O–H groups in total. The summed E-state index contributed by atoms with van der Waals surface area (Å²) < 4.78 is 5.50. The lowest BCUT2D eigenvalue weighted by Gasteiger charge is -2.18. The van der Waals surface area contributed by atoms with Crippen molar-refractivity contribution in [1.29, 1.82) is 0 Å². The van der Waals surface area contributed by atoms with Gasteiger partial charge in [0.15, 0.2) is 0 Å². The Morgan fingerprint density at radius 2 is 0.580 bits per heavy atom. The van der Waals surface area contributed by atoms with Gasteiger partial charge in [-0.3, -0.25) is 0 Å². The van der Waals surface area contributed by atoms with Gasteiger partial charge in [-0.1, -0.05) is 280 Å². The van der Waals surface area contributed by atoms with Crippen LogP contribution in [0.15, 0.2) is 231 Å². The second-order valence-corrected chi connectivity index (χ2v) is 18.9. The number of hydrogen-bond acceptors (Lipinski definition) is 1. The van der Waals surface area contributed by atoms with E-state index in [1.54, 1.807) is 0 Å². The van der Waals surface area contributed by atoms with E-state index in [0.717, 1.165) is 18.8 Å². The van der Waals surface area contributed by atoms with Gasteiger partial charge in [-0.2, -0.15) is 0 Å². The maximum Gasteiger partial charge on any atom is 0.119 e. The minimum atomic E-state index is 0.285. The van der Waals surface area contributed by atoms with Crippen LogP contribution in [0.3, 0.4) is 0 Å². The zero-order valence-corrected chi connectivity index (χ0v) is 43.0. The summed E-state index contributed by atoms with van der Waals surface area (Å²) in [6, 6.07) is 81.1. The summed E-state index contributed by atoms with van der Waals surface area (Å²) in [6.07, 6.45) is 2.32. The van der Waals surface area contributed by atoms with Crippen molar-refractivity contribution in [2.75, 3.05) is 6.61 Å². The molecule has 0 aromatic heterocycles. The van der Waals surface area contributed by atoms with E-state index in [1.807, 2.05) is 24.3 Å². The van der Waals surface area contributed by atoms with Crippen molar-refractivity contribution in [1.82, 2.24) is 0 Å². The third kappa shape index (κ3) is 18.8. The van der Waals surface area contributed by atoms with Gasteiger partial charge in [-0.25, -0.2) is 0 Å². The molecule has 0 saturated heterocycles. The molecule has 0 atom stereocenters. The fraction of sp³-hybridized carbons (Fsp3) is 0.206. The zero-order chi connectivity index (χ0) is 49.4. The number of rotatable bonds is 8. The molecule has 1 heteroatoms. The Balaban J connectivity index is 0.000000167. The van der Waals surface area contributed by atoms with Gasteiger partial charge in [0.25, 0.3) is 0 Å². The van der Waals surface area contributed by atoms with Crippen molar-refractivity contribution < 1.29 is 4.74 Å². The summed E-state index contributed by atoms with van der Waals surface area (Å²) in [5.74, 6) is 0.981. The highest BCUT2D eigenvalue weighted by Gasteiger charge is 2.12. The first-order chi connectivity index (χ1) is 33.3. The van der Waals surface area contributed by atoms with Crippen molar-refractivity contribution in [3.05, 3.63) is 269 Å². The summed E-state index contributed by atoms with van der Waals surface area (Å²) in [7, 11) is 0. The highest BCUT2D eigenvalue weighted by Crippen LogP contribution is 2.28. The Morgan fingerprint density at radius 1 is 0.304 bits per heavy atom. The maximum absolute atomic E-state index is 5.50. The normalized spacial score (nSPS) is 10.3. The molecule has 0 radical (unpaired) electrons. The topological polar surface area (TPSA) is 9.23 Å². The van der Waals surface area contributed by atoms with Crippen LogP contribution in [-0.4, -0.2) is 6.61 Å². The molecular weight excluding hydrogens is 833 g/mol. The highest BCUT2D eigenvalue weighted by molar-refractivity contribution is 5.73. The monoisotopic (exact) mass is 907 g/mol. The lowest BCUT2D eigenvalue weighted by molar-refractivity contribution is 0.309. The van der Waals surface area contributed by atoms with Crippen molar-refractivity contribution >= 4 is 0 Å². The van der Waals surface area contributed by atoms with E-state index in [4.69, 9.17) is 4.74 Å². The van der Waals surface area contributed by atoms with E-state index in [0.29, 0.717) is 0 Å². The Bertz CT molecular complexity index is 2760. The fourth-order valence-corrected chi connectivity index (χ4v) is 7.15. The minimum absolute atomic E-state index is 0.285. The molecule has 0 unspecified atom stereocenters. The molecule has 9 aromatic carbocycles. The molecule has 9 rings (SSSR count). The Labute approximate surface area is 416 Å². The molecule has 69 heavy (non-hydrogen) atoms. The van der Waals surface area contributed by atoms with Crippen LogP contribution in [0, 0.1) is 41.5 Å². The predicted octanol–water partition coefficient (Wildman–Crippen LogP) is 19.4. The van der Waals surface area contributed by atoms with Crippen molar-refractivity contribution in [3.63, 3.8) is 0 Å². The molecule has 0 bridgehead atoms. The van der Waals surface area contributed by atoms with Gasteiger partial charge in [0.2, 0.25) is 0 Å². The van der Waals surface area contributed by atoms with Gasteiger partial charge < -0.3 is 4.74 Å². The third-order valence-corrected chi connectivity index (χ3v) is 11.7. The average molecular weight is 907 g/mol. The van der Waals surface area contributed by atoms with E-state index in [9.17, 15) is 0 Å². The number of unbranched alkanes of at least 4 members (excludes halogenated alkanes) is 1. The van der Waals surface area contributed by atoms with Crippen molar-refractivity contribution in [2.24, 2.45) is 0 Å². The Kier molecular flexibility index (Phi) is 21.1. The zero-order valence-electron chi connectivity index (χ0n) is 43.0. The first-order valence-electron chi connectivity index (χ1n) is 24.5. The lowest BCUT2D eigenvalue weighted by atomic mass is 9.87. The van der Waals surface area contributed by atoms with Crippen molar-refractivity contribution in [3.8, 4) is 50.3 Å². The van der Waals surface area contributed by atoms with Crippen LogP contribution < -0.4 is 4.74 Å². The second-order valence-electron chi connectivity index (χ2n) is 18.9. The number of aryl methyl sites for hydroxylation is 6. The van der Waals surface area contributed by atoms with Crippen LogP contribution in [0.2, 0.25) is 0 Å². The summed E-state index contributed by atoms with van der Waals surface area (Å²) >= 11 is 0. The standard InChI is InChI=1S/2C19H16.C11H16O.C11H16.C8H10/c1-15-10-12-17(13-11-15)19-9-5-8-18(14-19)16-6-3-2-4-7-16;1-15-7-9-17(10-8-15)19-13-11-18(12-14-19)16-5-3-2-4-6-16;1-3-4-9-12-11-7-5-10(2)6-8-11;1-9-5-7-10(8-6-9)11(2,3)4;1-7-3-5-8(2)6-4-7/h2*2-14H,1H3;5-8H,3-4,9H2,1-2H3;5-8H,1-4H3;3-6H,1-2H3. The lowest BCUT2D eigenvalue weighted by Crippen LogP contribution is -2.10. The Morgan fingerprint density at radius 3 is 0.942 bits per heavy atom. The van der Waals surface area contributed by atoms with Gasteiger partial charge in [0.1, 0.15) is 5.75 Å². The SMILES string of the molecule is CCCCOc1ccc(C)cc1.Cc1ccc(-c2ccc(-c3ccccc3)cc2)cc1.Cc1ccc(-c2cccc(-c3ccccc3)c2)cc1.Cc1ccc(C(C)(C)C)cc1.Cc1ccc(C)cc1. The molecule has 0 saturated carbocycles.